The molecule has 0 spiro atoms. The molecule has 0 aliphatic carbocycles. The van der Waals surface area contributed by atoms with E-state index in [9.17, 15) is 5.11 Å². The van der Waals surface area contributed by atoms with Crippen LogP contribution in [-0.4, -0.2) is 63.6 Å². The van der Waals surface area contributed by atoms with Gasteiger partial charge in [0.1, 0.15) is 12.2 Å². The van der Waals surface area contributed by atoms with Gasteiger partial charge in [-0.2, -0.15) is 0 Å². The minimum Gasteiger partial charge on any atom is -0.493 e. The van der Waals surface area contributed by atoms with Gasteiger partial charge in [0.05, 0.1) is 32.0 Å². The highest BCUT2D eigenvalue weighted by Gasteiger charge is 2.50. The van der Waals surface area contributed by atoms with Gasteiger partial charge in [0.25, 0.3) is 0 Å². The molecule has 1 N–H and O–H groups in total. The minimum atomic E-state index is -1.71. The Morgan fingerprint density at radius 2 is 1.55 bits per heavy atom. The van der Waals surface area contributed by atoms with Crippen molar-refractivity contribution in [1.82, 2.24) is 0 Å². The van der Waals surface area contributed by atoms with Gasteiger partial charge < -0.3 is 33.5 Å². The lowest BCUT2D eigenvalue weighted by Gasteiger charge is -2.46. The van der Waals surface area contributed by atoms with Crippen LogP contribution in [0.2, 0.25) is 0 Å². The fourth-order valence-electron chi connectivity index (χ4n) is 6.13. The molecule has 1 aliphatic heterocycles. The van der Waals surface area contributed by atoms with Gasteiger partial charge in [-0.25, -0.2) is 0 Å². The Morgan fingerprint density at radius 3 is 2.26 bits per heavy atom. The molecule has 3 aromatic rings. The van der Waals surface area contributed by atoms with E-state index in [1.165, 1.54) is 15.0 Å². The summed E-state index contributed by atoms with van der Waals surface area (Å²) in [6.45, 7) is 13.3. The molecular formula is C39H58O7S. The van der Waals surface area contributed by atoms with Crippen molar-refractivity contribution < 1.29 is 33.5 Å². The first-order valence-corrected chi connectivity index (χ1v) is 18.7. The van der Waals surface area contributed by atoms with E-state index in [-0.39, 0.29) is 12.5 Å². The third kappa shape index (κ3) is 9.93. The molecule has 0 bridgehead atoms. The summed E-state index contributed by atoms with van der Waals surface area (Å²) in [5.41, 5.74) is 2.63. The van der Waals surface area contributed by atoms with Gasteiger partial charge in [-0.15, -0.1) is 11.3 Å². The van der Waals surface area contributed by atoms with Crippen LogP contribution in [0.15, 0.2) is 36.4 Å². The maximum absolute atomic E-state index is 12.7. The van der Waals surface area contributed by atoms with E-state index < -0.39 is 18.0 Å². The van der Waals surface area contributed by atoms with Crippen LogP contribution in [0.5, 0.6) is 11.5 Å². The maximum atomic E-state index is 12.7. The van der Waals surface area contributed by atoms with Crippen molar-refractivity contribution in [2.45, 2.75) is 123 Å². The molecule has 2 aromatic carbocycles. The SMILES string of the molecule is CCCCOC[C@H]1OC(O)(c2cc(Cc3cc4ccccc4s3)c(C)c(OC)c2OCCCC)C[C@@H](OCCCC)[C@@H]1OCCCC. The highest BCUT2D eigenvalue weighted by Crippen LogP contribution is 2.48. The molecule has 1 aromatic heterocycles. The Hall–Kier alpha value is -2.20. The van der Waals surface area contributed by atoms with Crippen molar-refractivity contribution in [2.75, 3.05) is 40.1 Å². The van der Waals surface area contributed by atoms with Crippen LogP contribution < -0.4 is 9.47 Å². The molecule has 1 aliphatic rings. The van der Waals surface area contributed by atoms with Crippen LogP contribution in [-0.2, 0) is 31.2 Å². The average Bonchev–Trinajstić information content (AvgIpc) is 3.48. The van der Waals surface area contributed by atoms with Crippen LogP contribution in [0.1, 0.15) is 107 Å². The molecule has 0 amide bonds. The lowest BCUT2D eigenvalue weighted by Crippen LogP contribution is -2.57. The Labute approximate surface area is 286 Å². The van der Waals surface area contributed by atoms with Crippen molar-refractivity contribution >= 4 is 21.4 Å². The number of unbranched alkanes of at least 4 members (excludes halogenated alkanes) is 4. The topological polar surface area (TPSA) is 75.6 Å². The zero-order valence-corrected chi connectivity index (χ0v) is 30.4. The summed E-state index contributed by atoms with van der Waals surface area (Å²) in [7, 11) is 1.67. The van der Waals surface area contributed by atoms with Gasteiger partial charge in [0.15, 0.2) is 17.3 Å². The molecule has 2 heterocycles. The van der Waals surface area contributed by atoms with E-state index in [0.717, 1.165) is 62.5 Å². The lowest BCUT2D eigenvalue weighted by molar-refractivity contribution is -0.326. The van der Waals surface area contributed by atoms with Crippen molar-refractivity contribution in [3.8, 4) is 11.5 Å². The van der Waals surface area contributed by atoms with Crippen LogP contribution >= 0.6 is 11.3 Å². The number of ether oxygens (including phenoxy) is 6. The van der Waals surface area contributed by atoms with Gasteiger partial charge in [0, 0.05) is 42.2 Å². The van der Waals surface area contributed by atoms with Crippen LogP contribution in [0, 0.1) is 6.92 Å². The number of fused-ring (bicyclic) bond motifs is 1. The molecule has 0 radical (unpaired) electrons. The monoisotopic (exact) mass is 670 g/mol. The highest BCUT2D eigenvalue weighted by molar-refractivity contribution is 7.19. The predicted molar refractivity (Wildman–Crippen MR) is 191 cm³/mol. The zero-order valence-electron chi connectivity index (χ0n) is 29.6. The van der Waals surface area contributed by atoms with Crippen molar-refractivity contribution in [1.29, 1.82) is 0 Å². The molecular weight excluding hydrogens is 612 g/mol. The van der Waals surface area contributed by atoms with Crippen LogP contribution in [0.4, 0.5) is 0 Å². The molecule has 7 nitrogen and oxygen atoms in total. The number of aliphatic hydroxyl groups is 1. The Balaban J connectivity index is 1.79. The lowest BCUT2D eigenvalue weighted by atomic mass is 9.87. The van der Waals surface area contributed by atoms with E-state index in [4.69, 9.17) is 28.4 Å². The van der Waals surface area contributed by atoms with Crippen LogP contribution in [0.3, 0.4) is 0 Å². The Kier molecular flexibility index (Phi) is 15.3. The van der Waals surface area contributed by atoms with E-state index in [0.29, 0.717) is 56.5 Å². The summed E-state index contributed by atoms with van der Waals surface area (Å²) < 4.78 is 39.7. The van der Waals surface area contributed by atoms with E-state index in [2.05, 4.69) is 71.0 Å². The number of thiophene rings is 1. The normalized spacial score (nSPS) is 21.4. The largest absolute Gasteiger partial charge is 0.493 e. The first kappa shape index (κ1) is 37.6. The summed E-state index contributed by atoms with van der Waals surface area (Å²) in [5.74, 6) is -0.547. The smallest absolute Gasteiger partial charge is 0.199 e. The van der Waals surface area contributed by atoms with Gasteiger partial charge in [0.2, 0.25) is 0 Å². The second kappa shape index (κ2) is 19.1. The number of methoxy groups -OCH3 is 1. The maximum Gasteiger partial charge on any atom is 0.199 e. The number of rotatable bonds is 21. The van der Waals surface area contributed by atoms with Crippen LogP contribution in [0.25, 0.3) is 10.1 Å². The zero-order chi connectivity index (χ0) is 33.6. The Morgan fingerprint density at radius 1 is 0.872 bits per heavy atom. The third-order valence-electron chi connectivity index (χ3n) is 8.92. The highest BCUT2D eigenvalue weighted by atomic mass is 32.1. The van der Waals surface area contributed by atoms with Crippen molar-refractivity contribution in [2.24, 2.45) is 0 Å². The molecule has 1 fully saturated rings. The van der Waals surface area contributed by atoms with Gasteiger partial charge in [-0.3, -0.25) is 0 Å². The first-order valence-electron chi connectivity index (χ1n) is 17.9. The summed E-state index contributed by atoms with van der Waals surface area (Å²) in [6, 6.07) is 12.8. The molecule has 262 valence electrons. The summed E-state index contributed by atoms with van der Waals surface area (Å²) in [5, 5.41) is 14.0. The first-order chi connectivity index (χ1) is 22.9. The summed E-state index contributed by atoms with van der Waals surface area (Å²) in [6.07, 6.45) is 7.40. The van der Waals surface area contributed by atoms with Crippen molar-refractivity contribution in [3.05, 3.63) is 58.0 Å². The summed E-state index contributed by atoms with van der Waals surface area (Å²) in [4.78, 5) is 1.24. The molecule has 1 saturated heterocycles. The van der Waals surface area contributed by atoms with Gasteiger partial charge in [-0.05, 0) is 67.3 Å². The third-order valence-corrected chi connectivity index (χ3v) is 10.0. The molecule has 8 heteroatoms. The standard InChI is InChI=1S/C39H58O7S/c1-7-11-19-42-27-34-38(45-22-14-10-4)33(43-20-12-8-2)26-39(40,46-34)32-25-30(24-31-23-29-17-15-16-18-35(29)47-31)28(5)36(41-6)37(32)44-21-13-9-3/h15-18,23,25,33-34,38,40H,7-14,19-22,24,26-27H2,1-6H3/t33-,34-,38+,39?/m1/s1. The van der Waals surface area contributed by atoms with E-state index in [1.54, 1.807) is 18.4 Å². The summed E-state index contributed by atoms with van der Waals surface area (Å²) >= 11 is 1.79. The molecule has 4 rings (SSSR count). The average molecular weight is 671 g/mol. The van der Waals surface area contributed by atoms with E-state index >= 15 is 0 Å². The fraction of sp³-hybridized carbons (Fsp3) is 0.641. The Bertz CT molecular complexity index is 1320. The molecule has 47 heavy (non-hydrogen) atoms. The quantitative estimate of drug-likeness (QED) is 0.113. The van der Waals surface area contributed by atoms with Gasteiger partial charge in [-0.1, -0.05) is 71.6 Å². The second-order valence-electron chi connectivity index (χ2n) is 12.7. The second-order valence-corrected chi connectivity index (χ2v) is 13.9. The number of hydrogen-bond acceptors (Lipinski definition) is 8. The van der Waals surface area contributed by atoms with Crippen molar-refractivity contribution in [3.63, 3.8) is 0 Å². The number of benzene rings is 2. The molecule has 1 unspecified atom stereocenters. The number of hydrogen-bond donors (Lipinski definition) is 1. The van der Waals surface area contributed by atoms with E-state index in [1.807, 2.05) is 0 Å². The predicted octanol–water partition coefficient (Wildman–Crippen LogP) is 9.11. The molecule has 4 atom stereocenters. The molecule has 0 saturated carbocycles. The fourth-order valence-corrected chi connectivity index (χ4v) is 7.22. The minimum absolute atomic E-state index is 0.206. The van der Waals surface area contributed by atoms with Gasteiger partial charge >= 0.3 is 0 Å².